The number of rotatable bonds is 3. The summed E-state index contributed by atoms with van der Waals surface area (Å²) in [6, 6.07) is -0.0276. The van der Waals surface area contributed by atoms with Crippen LogP contribution >= 0.6 is 0 Å². The molecular formula is C12H21NO2. The third kappa shape index (κ3) is 3.20. The van der Waals surface area contributed by atoms with Gasteiger partial charge in [0.1, 0.15) is 6.04 Å². The molecule has 1 heterocycles. The summed E-state index contributed by atoms with van der Waals surface area (Å²) in [5, 5.41) is 3.22. The molecule has 0 aromatic heterocycles. The highest BCUT2D eigenvalue weighted by molar-refractivity contribution is 5.75. The standard InChI is InChI=1S/C12H21NO2/c14-12(11-7-3-4-8-13-11)15-9-10-5-1-2-6-10/h10-11,13H,1-9H2/t11-/m1/s1. The van der Waals surface area contributed by atoms with Gasteiger partial charge in [0.15, 0.2) is 0 Å². The first-order chi connectivity index (χ1) is 7.36. The molecule has 2 fully saturated rings. The second-order valence-electron chi connectivity index (χ2n) is 4.78. The Morgan fingerprint density at radius 2 is 1.87 bits per heavy atom. The van der Waals surface area contributed by atoms with Crippen LogP contribution < -0.4 is 5.32 Å². The zero-order valence-corrected chi connectivity index (χ0v) is 9.34. The Hall–Kier alpha value is -0.570. The zero-order chi connectivity index (χ0) is 10.5. The molecule has 0 amide bonds. The Bertz CT molecular complexity index is 206. The summed E-state index contributed by atoms with van der Waals surface area (Å²) in [7, 11) is 0. The summed E-state index contributed by atoms with van der Waals surface area (Å²) < 4.78 is 5.36. The SMILES string of the molecule is O=C(OCC1CCCC1)[C@H]1CCCCN1. The molecular weight excluding hydrogens is 190 g/mol. The summed E-state index contributed by atoms with van der Waals surface area (Å²) >= 11 is 0. The molecule has 0 aromatic rings. The highest BCUT2D eigenvalue weighted by atomic mass is 16.5. The topological polar surface area (TPSA) is 38.3 Å². The summed E-state index contributed by atoms with van der Waals surface area (Å²) in [4.78, 5) is 11.7. The normalized spacial score (nSPS) is 27.9. The Morgan fingerprint density at radius 1 is 1.13 bits per heavy atom. The lowest BCUT2D eigenvalue weighted by Gasteiger charge is -2.22. The van der Waals surface area contributed by atoms with Crippen molar-refractivity contribution < 1.29 is 9.53 Å². The molecule has 1 N–H and O–H groups in total. The van der Waals surface area contributed by atoms with E-state index in [0.717, 1.165) is 19.4 Å². The van der Waals surface area contributed by atoms with Gasteiger partial charge in [0.05, 0.1) is 6.61 Å². The summed E-state index contributed by atoms with van der Waals surface area (Å²) in [6.45, 7) is 1.61. The highest BCUT2D eigenvalue weighted by Gasteiger charge is 2.23. The van der Waals surface area contributed by atoms with Gasteiger partial charge in [0, 0.05) is 0 Å². The van der Waals surface area contributed by atoms with E-state index in [2.05, 4.69) is 5.32 Å². The molecule has 1 saturated heterocycles. The van der Waals surface area contributed by atoms with Gasteiger partial charge >= 0.3 is 5.97 Å². The lowest BCUT2D eigenvalue weighted by Crippen LogP contribution is -2.41. The van der Waals surface area contributed by atoms with Crippen LogP contribution in [0.3, 0.4) is 0 Å². The second-order valence-corrected chi connectivity index (χ2v) is 4.78. The van der Waals surface area contributed by atoms with E-state index in [1.165, 1.54) is 32.1 Å². The van der Waals surface area contributed by atoms with Gasteiger partial charge in [-0.3, -0.25) is 4.79 Å². The first-order valence-electron chi connectivity index (χ1n) is 6.26. The van der Waals surface area contributed by atoms with Gasteiger partial charge in [-0.05, 0) is 38.1 Å². The molecule has 0 aromatic carbocycles. The predicted molar refractivity (Wildman–Crippen MR) is 58.6 cm³/mol. The Kier molecular flexibility index (Phi) is 4.01. The molecule has 86 valence electrons. The quantitative estimate of drug-likeness (QED) is 0.724. The lowest BCUT2D eigenvalue weighted by molar-refractivity contribution is -0.148. The van der Waals surface area contributed by atoms with Crippen LogP contribution in [0.5, 0.6) is 0 Å². The molecule has 0 bridgehead atoms. The number of nitrogens with one attached hydrogen (secondary N) is 1. The summed E-state index contributed by atoms with van der Waals surface area (Å²) in [5.41, 5.74) is 0. The molecule has 0 spiro atoms. The van der Waals surface area contributed by atoms with Crippen molar-refractivity contribution in [3.63, 3.8) is 0 Å². The van der Waals surface area contributed by atoms with E-state index in [0.29, 0.717) is 12.5 Å². The third-order valence-electron chi connectivity index (χ3n) is 3.53. The van der Waals surface area contributed by atoms with E-state index in [1.807, 2.05) is 0 Å². The van der Waals surface area contributed by atoms with Crippen molar-refractivity contribution in [1.82, 2.24) is 5.32 Å². The van der Waals surface area contributed by atoms with Crippen LogP contribution in [-0.4, -0.2) is 25.2 Å². The van der Waals surface area contributed by atoms with Gasteiger partial charge in [-0.15, -0.1) is 0 Å². The van der Waals surface area contributed by atoms with Crippen LogP contribution in [0.25, 0.3) is 0 Å². The van der Waals surface area contributed by atoms with E-state index in [9.17, 15) is 4.79 Å². The number of ether oxygens (including phenoxy) is 1. The van der Waals surface area contributed by atoms with Crippen molar-refractivity contribution >= 4 is 5.97 Å². The maximum atomic E-state index is 11.7. The molecule has 1 aliphatic carbocycles. The number of hydrogen-bond acceptors (Lipinski definition) is 3. The van der Waals surface area contributed by atoms with Crippen molar-refractivity contribution in [2.24, 2.45) is 5.92 Å². The third-order valence-corrected chi connectivity index (χ3v) is 3.53. The second kappa shape index (κ2) is 5.50. The van der Waals surface area contributed by atoms with Crippen LogP contribution in [0.15, 0.2) is 0 Å². The van der Waals surface area contributed by atoms with E-state index >= 15 is 0 Å². The molecule has 1 atom stereocenters. The molecule has 15 heavy (non-hydrogen) atoms. The summed E-state index contributed by atoms with van der Waals surface area (Å²) in [6.07, 6.45) is 8.39. The maximum absolute atomic E-state index is 11.7. The van der Waals surface area contributed by atoms with Crippen LogP contribution in [0.2, 0.25) is 0 Å². The van der Waals surface area contributed by atoms with Crippen LogP contribution in [0.4, 0.5) is 0 Å². The predicted octanol–water partition coefficient (Wildman–Crippen LogP) is 1.86. The van der Waals surface area contributed by atoms with Crippen molar-refractivity contribution in [1.29, 1.82) is 0 Å². The molecule has 1 saturated carbocycles. The maximum Gasteiger partial charge on any atom is 0.323 e. The largest absolute Gasteiger partial charge is 0.464 e. The number of carbonyl (C=O) groups excluding carboxylic acids is 1. The van der Waals surface area contributed by atoms with E-state index in [-0.39, 0.29) is 12.0 Å². The molecule has 1 aliphatic heterocycles. The molecule has 2 aliphatic rings. The van der Waals surface area contributed by atoms with Gasteiger partial charge in [0.25, 0.3) is 0 Å². The number of hydrogen-bond donors (Lipinski definition) is 1. The highest BCUT2D eigenvalue weighted by Crippen LogP contribution is 2.24. The van der Waals surface area contributed by atoms with Gasteiger partial charge in [0.2, 0.25) is 0 Å². The van der Waals surface area contributed by atoms with E-state index in [4.69, 9.17) is 4.74 Å². The molecule has 3 heteroatoms. The molecule has 0 unspecified atom stereocenters. The molecule has 2 rings (SSSR count). The Balaban J connectivity index is 1.66. The lowest BCUT2D eigenvalue weighted by atomic mass is 10.1. The van der Waals surface area contributed by atoms with Crippen LogP contribution in [-0.2, 0) is 9.53 Å². The average Bonchev–Trinajstić information content (AvgIpc) is 2.80. The zero-order valence-electron chi connectivity index (χ0n) is 9.34. The smallest absolute Gasteiger partial charge is 0.323 e. The van der Waals surface area contributed by atoms with Crippen LogP contribution in [0, 0.1) is 5.92 Å². The minimum atomic E-state index is -0.0276. The minimum Gasteiger partial charge on any atom is -0.464 e. The van der Waals surface area contributed by atoms with Crippen LogP contribution in [0.1, 0.15) is 44.9 Å². The monoisotopic (exact) mass is 211 g/mol. The fourth-order valence-corrected chi connectivity index (χ4v) is 2.53. The number of piperidine rings is 1. The minimum absolute atomic E-state index is 0.0263. The fraction of sp³-hybridized carbons (Fsp3) is 0.917. The van der Waals surface area contributed by atoms with Crippen molar-refractivity contribution in [3.05, 3.63) is 0 Å². The summed E-state index contributed by atoms with van der Waals surface area (Å²) in [5.74, 6) is 0.610. The van der Waals surface area contributed by atoms with Crippen molar-refractivity contribution in [2.45, 2.75) is 51.0 Å². The Labute approximate surface area is 91.6 Å². The van der Waals surface area contributed by atoms with Gasteiger partial charge in [-0.2, -0.15) is 0 Å². The first kappa shape index (κ1) is 10.9. The van der Waals surface area contributed by atoms with E-state index in [1.54, 1.807) is 0 Å². The van der Waals surface area contributed by atoms with Crippen molar-refractivity contribution in [2.75, 3.05) is 13.2 Å². The molecule has 0 radical (unpaired) electrons. The fourth-order valence-electron chi connectivity index (χ4n) is 2.53. The Morgan fingerprint density at radius 3 is 2.53 bits per heavy atom. The number of esters is 1. The molecule has 3 nitrogen and oxygen atoms in total. The number of carbonyl (C=O) groups is 1. The van der Waals surface area contributed by atoms with Gasteiger partial charge in [-0.25, -0.2) is 0 Å². The van der Waals surface area contributed by atoms with Gasteiger partial charge < -0.3 is 10.1 Å². The first-order valence-corrected chi connectivity index (χ1v) is 6.26. The van der Waals surface area contributed by atoms with E-state index < -0.39 is 0 Å². The van der Waals surface area contributed by atoms with Crippen molar-refractivity contribution in [3.8, 4) is 0 Å². The average molecular weight is 211 g/mol. The van der Waals surface area contributed by atoms with Gasteiger partial charge in [-0.1, -0.05) is 19.3 Å².